The third-order valence-electron chi connectivity index (χ3n) is 2.65. The van der Waals surface area contributed by atoms with Crippen LogP contribution < -0.4 is 9.47 Å². The van der Waals surface area contributed by atoms with Gasteiger partial charge in [-0.15, -0.1) is 0 Å². The third-order valence-corrected chi connectivity index (χ3v) is 2.65. The van der Waals surface area contributed by atoms with E-state index in [1.165, 1.54) is 7.11 Å². The van der Waals surface area contributed by atoms with Gasteiger partial charge in [0, 0.05) is 12.0 Å². The molecule has 0 aliphatic carbocycles. The van der Waals surface area contributed by atoms with Crippen molar-refractivity contribution in [1.29, 1.82) is 0 Å². The normalized spacial score (nSPS) is 14.8. The summed E-state index contributed by atoms with van der Waals surface area (Å²) in [7, 11) is 1.54. The Kier molecular flexibility index (Phi) is 3.89. The van der Waals surface area contributed by atoms with E-state index in [2.05, 4.69) is 6.58 Å². The number of methoxy groups -OCH3 is 1. The minimum absolute atomic E-state index is 0.239. The van der Waals surface area contributed by atoms with E-state index in [9.17, 15) is 5.11 Å². The molecule has 0 aromatic heterocycles. The monoisotopic (exact) mass is 248 g/mol. The number of hydrogen-bond acceptors (Lipinski definition) is 4. The Hall–Kier alpha value is -1.94. The summed E-state index contributed by atoms with van der Waals surface area (Å²) >= 11 is 0. The Balaban J connectivity index is 2.05. The number of ether oxygens (including phenoxy) is 3. The number of rotatable bonds is 5. The van der Waals surface area contributed by atoms with Gasteiger partial charge in [-0.25, -0.2) is 0 Å². The molecule has 0 spiro atoms. The quantitative estimate of drug-likeness (QED) is 0.812. The van der Waals surface area contributed by atoms with Gasteiger partial charge in [0.05, 0.1) is 19.0 Å². The maximum atomic E-state index is 9.76. The molecule has 1 atom stereocenters. The molecule has 0 amide bonds. The van der Waals surface area contributed by atoms with Crippen LogP contribution in [0.2, 0.25) is 0 Å². The molecule has 1 heterocycles. The average molecular weight is 248 g/mol. The van der Waals surface area contributed by atoms with Gasteiger partial charge in [-0.2, -0.15) is 0 Å². The summed E-state index contributed by atoms with van der Waals surface area (Å²) in [4.78, 5) is 0. The molecule has 96 valence electrons. The number of benzene rings is 1. The molecular formula is C14H16O4. The average Bonchev–Trinajstić information content (AvgIpc) is 2.84. The minimum atomic E-state index is -0.629. The summed E-state index contributed by atoms with van der Waals surface area (Å²) in [5, 5.41) is 9.76. The maximum absolute atomic E-state index is 9.76. The standard InChI is InChI=1S/C14H16O4/c1-10(16-2)8-12(15)7-6-11-4-3-5-13-14(11)18-9-17-13/h3-7,12,15H,1,8-9H2,2H3/b7-6+. The van der Waals surface area contributed by atoms with E-state index in [0.29, 0.717) is 17.9 Å². The van der Waals surface area contributed by atoms with E-state index in [4.69, 9.17) is 14.2 Å². The lowest BCUT2D eigenvalue weighted by Gasteiger charge is -2.07. The number of aliphatic hydroxyl groups is 1. The summed E-state index contributed by atoms with van der Waals surface area (Å²) in [6.45, 7) is 3.90. The van der Waals surface area contributed by atoms with Crippen LogP contribution in [0.4, 0.5) is 0 Å². The van der Waals surface area contributed by atoms with Crippen molar-refractivity contribution in [3.8, 4) is 11.5 Å². The van der Waals surface area contributed by atoms with Gasteiger partial charge in [0.2, 0.25) is 6.79 Å². The van der Waals surface area contributed by atoms with E-state index in [-0.39, 0.29) is 6.79 Å². The van der Waals surface area contributed by atoms with Crippen molar-refractivity contribution in [2.75, 3.05) is 13.9 Å². The molecule has 4 heteroatoms. The highest BCUT2D eigenvalue weighted by molar-refractivity contribution is 5.63. The first kappa shape index (κ1) is 12.5. The number of fused-ring (bicyclic) bond motifs is 1. The van der Waals surface area contributed by atoms with Crippen molar-refractivity contribution in [3.63, 3.8) is 0 Å². The largest absolute Gasteiger partial charge is 0.502 e. The molecule has 18 heavy (non-hydrogen) atoms. The second kappa shape index (κ2) is 5.60. The van der Waals surface area contributed by atoms with Crippen LogP contribution in [-0.2, 0) is 4.74 Å². The van der Waals surface area contributed by atoms with Crippen molar-refractivity contribution < 1.29 is 19.3 Å². The van der Waals surface area contributed by atoms with E-state index in [1.54, 1.807) is 12.2 Å². The zero-order valence-electron chi connectivity index (χ0n) is 10.3. The van der Waals surface area contributed by atoms with Crippen molar-refractivity contribution in [1.82, 2.24) is 0 Å². The molecular weight excluding hydrogens is 232 g/mol. The minimum Gasteiger partial charge on any atom is -0.502 e. The van der Waals surface area contributed by atoms with Gasteiger partial charge >= 0.3 is 0 Å². The van der Waals surface area contributed by atoms with Gasteiger partial charge < -0.3 is 19.3 Å². The molecule has 2 rings (SSSR count). The first-order valence-corrected chi connectivity index (χ1v) is 5.67. The van der Waals surface area contributed by atoms with Gasteiger partial charge in [-0.3, -0.25) is 0 Å². The summed E-state index contributed by atoms with van der Waals surface area (Å²) < 4.78 is 15.6. The number of para-hydroxylation sites is 1. The van der Waals surface area contributed by atoms with Crippen LogP contribution in [0.15, 0.2) is 36.6 Å². The van der Waals surface area contributed by atoms with Gasteiger partial charge in [0.1, 0.15) is 0 Å². The molecule has 1 aliphatic rings. The Labute approximate surface area is 106 Å². The van der Waals surface area contributed by atoms with Crippen LogP contribution in [0.1, 0.15) is 12.0 Å². The molecule has 1 aliphatic heterocycles. The lowest BCUT2D eigenvalue weighted by atomic mass is 10.1. The maximum Gasteiger partial charge on any atom is 0.231 e. The highest BCUT2D eigenvalue weighted by Crippen LogP contribution is 2.35. The molecule has 1 aromatic carbocycles. The van der Waals surface area contributed by atoms with Crippen LogP contribution in [0.3, 0.4) is 0 Å². The van der Waals surface area contributed by atoms with Crippen LogP contribution in [0.25, 0.3) is 6.08 Å². The highest BCUT2D eigenvalue weighted by atomic mass is 16.7. The lowest BCUT2D eigenvalue weighted by molar-refractivity contribution is 0.173. The first-order chi connectivity index (χ1) is 8.70. The fourth-order valence-corrected chi connectivity index (χ4v) is 1.68. The topological polar surface area (TPSA) is 47.9 Å². The molecule has 0 bridgehead atoms. The molecule has 1 unspecified atom stereocenters. The fraction of sp³-hybridized carbons (Fsp3) is 0.286. The smallest absolute Gasteiger partial charge is 0.231 e. The van der Waals surface area contributed by atoms with E-state index in [1.807, 2.05) is 18.2 Å². The molecule has 0 radical (unpaired) electrons. The van der Waals surface area contributed by atoms with Crippen molar-refractivity contribution in [3.05, 3.63) is 42.2 Å². The van der Waals surface area contributed by atoms with E-state index < -0.39 is 6.10 Å². The summed E-state index contributed by atoms with van der Waals surface area (Å²) in [5.74, 6) is 1.99. The van der Waals surface area contributed by atoms with E-state index >= 15 is 0 Å². The zero-order valence-corrected chi connectivity index (χ0v) is 10.3. The fourth-order valence-electron chi connectivity index (χ4n) is 1.68. The second-order valence-corrected chi connectivity index (χ2v) is 3.95. The molecule has 0 saturated heterocycles. The predicted molar refractivity (Wildman–Crippen MR) is 68.4 cm³/mol. The van der Waals surface area contributed by atoms with Gasteiger partial charge in [0.15, 0.2) is 11.5 Å². The molecule has 0 saturated carbocycles. The molecule has 4 nitrogen and oxygen atoms in total. The second-order valence-electron chi connectivity index (χ2n) is 3.95. The van der Waals surface area contributed by atoms with Crippen LogP contribution in [0, 0.1) is 0 Å². The Morgan fingerprint density at radius 3 is 3.17 bits per heavy atom. The van der Waals surface area contributed by atoms with Crippen LogP contribution in [-0.4, -0.2) is 25.1 Å². The van der Waals surface area contributed by atoms with Crippen LogP contribution >= 0.6 is 0 Å². The first-order valence-electron chi connectivity index (χ1n) is 5.67. The Morgan fingerprint density at radius 2 is 2.39 bits per heavy atom. The lowest BCUT2D eigenvalue weighted by Crippen LogP contribution is -2.03. The molecule has 0 fully saturated rings. The zero-order chi connectivity index (χ0) is 13.0. The van der Waals surface area contributed by atoms with Crippen molar-refractivity contribution in [2.45, 2.75) is 12.5 Å². The van der Waals surface area contributed by atoms with Gasteiger partial charge in [-0.05, 0) is 6.07 Å². The summed E-state index contributed by atoms with van der Waals surface area (Å²) in [5.41, 5.74) is 0.882. The molecule has 1 N–H and O–H groups in total. The van der Waals surface area contributed by atoms with Gasteiger partial charge in [0.25, 0.3) is 0 Å². The Bertz CT molecular complexity index is 465. The number of hydrogen-bond donors (Lipinski definition) is 1. The summed E-state index contributed by atoms with van der Waals surface area (Å²) in [6, 6.07) is 5.64. The highest BCUT2D eigenvalue weighted by Gasteiger charge is 2.15. The van der Waals surface area contributed by atoms with Crippen molar-refractivity contribution >= 4 is 6.08 Å². The summed E-state index contributed by atoms with van der Waals surface area (Å²) in [6.07, 6.45) is 3.23. The van der Waals surface area contributed by atoms with Gasteiger partial charge in [-0.1, -0.05) is 30.9 Å². The third kappa shape index (κ3) is 2.84. The van der Waals surface area contributed by atoms with E-state index in [0.717, 1.165) is 11.3 Å². The number of aliphatic hydroxyl groups excluding tert-OH is 1. The van der Waals surface area contributed by atoms with Crippen LogP contribution in [0.5, 0.6) is 11.5 Å². The van der Waals surface area contributed by atoms with Crippen molar-refractivity contribution in [2.24, 2.45) is 0 Å². The molecule has 1 aromatic rings. The Morgan fingerprint density at radius 1 is 1.56 bits per heavy atom. The predicted octanol–water partition coefficient (Wildman–Crippen LogP) is 2.34. The SMILES string of the molecule is C=C(CC(O)/C=C/c1cccc2c1OCO2)OC.